The lowest BCUT2D eigenvalue weighted by Crippen LogP contribution is -2.35. The minimum Gasteiger partial charge on any atom is -0.313 e. The molecule has 1 saturated heterocycles. The van der Waals surface area contributed by atoms with Gasteiger partial charge < -0.3 is 5.32 Å². The van der Waals surface area contributed by atoms with Crippen LogP contribution in [0, 0.1) is 0 Å². The van der Waals surface area contributed by atoms with E-state index in [2.05, 4.69) is 10.8 Å². The molecule has 2 N–H and O–H groups in total. The monoisotopic (exact) mass is 184 g/mol. The van der Waals surface area contributed by atoms with Crippen molar-refractivity contribution >= 4 is 0 Å². The summed E-state index contributed by atoms with van der Waals surface area (Å²) in [6, 6.07) is 0.640. The molecule has 0 aromatic rings. The number of hydroxylamine groups is 1. The molecule has 3 nitrogen and oxygen atoms in total. The summed E-state index contributed by atoms with van der Waals surface area (Å²) in [4.78, 5) is 5.57. The number of hydrogen-bond donors (Lipinski definition) is 2. The van der Waals surface area contributed by atoms with E-state index in [4.69, 9.17) is 4.84 Å². The smallest absolute Gasteiger partial charge is 0.0790 e. The van der Waals surface area contributed by atoms with Gasteiger partial charge in [-0.15, -0.1) is 0 Å². The van der Waals surface area contributed by atoms with Crippen LogP contribution in [0.5, 0.6) is 0 Å². The van der Waals surface area contributed by atoms with Crippen LogP contribution in [0.1, 0.15) is 38.5 Å². The molecule has 1 heterocycles. The maximum absolute atomic E-state index is 5.57. The molecule has 2 fully saturated rings. The summed E-state index contributed by atoms with van der Waals surface area (Å²) >= 11 is 0. The summed E-state index contributed by atoms with van der Waals surface area (Å²) in [5.74, 6) is 0. The SMILES string of the molecule is C1CNC(CNOC2CCCC2)C1. The van der Waals surface area contributed by atoms with Gasteiger partial charge in [-0.25, -0.2) is 5.48 Å². The van der Waals surface area contributed by atoms with Gasteiger partial charge in [0.15, 0.2) is 0 Å². The Labute approximate surface area is 80.2 Å². The minimum absolute atomic E-state index is 0.487. The summed E-state index contributed by atoms with van der Waals surface area (Å²) in [5, 5.41) is 3.44. The Bertz CT molecular complexity index is 124. The first-order valence-corrected chi connectivity index (χ1v) is 5.57. The van der Waals surface area contributed by atoms with Crippen molar-refractivity contribution in [1.29, 1.82) is 0 Å². The molecule has 13 heavy (non-hydrogen) atoms. The van der Waals surface area contributed by atoms with E-state index in [0.29, 0.717) is 12.1 Å². The molecule has 0 aromatic heterocycles. The van der Waals surface area contributed by atoms with Gasteiger partial charge in [0.2, 0.25) is 0 Å². The Morgan fingerprint density at radius 1 is 1.15 bits per heavy atom. The molecule has 2 rings (SSSR count). The van der Waals surface area contributed by atoms with Crippen molar-refractivity contribution in [2.75, 3.05) is 13.1 Å². The molecule has 3 heteroatoms. The van der Waals surface area contributed by atoms with Crippen molar-refractivity contribution in [2.24, 2.45) is 0 Å². The lowest BCUT2D eigenvalue weighted by Gasteiger charge is -2.14. The van der Waals surface area contributed by atoms with E-state index in [-0.39, 0.29) is 0 Å². The van der Waals surface area contributed by atoms with Gasteiger partial charge in [0.05, 0.1) is 6.10 Å². The minimum atomic E-state index is 0.487. The van der Waals surface area contributed by atoms with Gasteiger partial charge in [-0.1, -0.05) is 12.8 Å². The quantitative estimate of drug-likeness (QED) is 0.644. The fourth-order valence-electron chi connectivity index (χ4n) is 2.20. The number of rotatable bonds is 4. The standard InChI is InChI=1S/C10H20N2O/c1-2-6-10(5-1)13-12-8-9-4-3-7-11-9/h9-12H,1-8H2. The summed E-state index contributed by atoms with van der Waals surface area (Å²) in [6.07, 6.45) is 8.26. The highest BCUT2D eigenvalue weighted by Gasteiger charge is 2.17. The molecule has 0 radical (unpaired) electrons. The Morgan fingerprint density at radius 3 is 2.69 bits per heavy atom. The van der Waals surface area contributed by atoms with Crippen LogP contribution in [0.15, 0.2) is 0 Å². The second-order valence-electron chi connectivity index (χ2n) is 4.17. The van der Waals surface area contributed by atoms with Crippen molar-refractivity contribution in [2.45, 2.75) is 50.7 Å². The zero-order chi connectivity index (χ0) is 8.93. The van der Waals surface area contributed by atoms with Gasteiger partial charge in [-0.3, -0.25) is 4.84 Å². The maximum Gasteiger partial charge on any atom is 0.0790 e. The Hall–Kier alpha value is -0.120. The van der Waals surface area contributed by atoms with Gasteiger partial charge in [-0.2, -0.15) is 0 Å². The van der Waals surface area contributed by atoms with Crippen molar-refractivity contribution < 1.29 is 4.84 Å². The molecule has 1 atom stereocenters. The summed E-state index contributed by atoms with van der Waals surface area (Å²) in [7, 11) is 0. The van der Waals surface area contributed by atoms with Crippen LogP contribution in [0.3, 0.4) is 0 Å². The predicted octanol–water partition coefficient (Wildman–Crippen LogP) is 1.20. The van der Waals surface area contributed by atoms with Gasteiger partial charge >= 0.3 is 0 Å². The maximum atomic E-state index is 5.57. The normalized spacial score (nSPS) is 30.0. The van der Waals surface area contributed by atoms with Crippen LogP contribution in [-0.4, -0.2) is 25.2 Å². The van der Waals surface area contributed by atoms with Crippen molar-refractivity contribution in [3.8, 4) is 0 Å². The van der Waals surface area contributed by atoms with Crippen molar-refractivity contribution in [3.63, 3.8) is 0 Å². The molecule has 1 unspecified atom stereocenters. The highest BCUT2D eigenvalue weighted by Crippen LogP contribution is 2.19. The second-order valence-corrected chi connectivity index (χ2v) is 4.17. The van der Waals surface area contributed by atoms with Crippen LogP contribution < -0.4 is 10.8 Å². The average Bonchev–Trinajstić information content (AvgIpc) is 2.75. The summed E-state index contributed by atoms with van der Waals surface area (Å²) in [6.45, 7) is 2.15. The van der Waals surface area contributed by atoms with Gasteiger partial charge in [-0.05, 0) is 32.2 Å². The van der Waals surface area contributed by atoms with Crippen molar-refractivity contribution in [3.05, 3.63) is 0 Å². The van der Waals surface area contributed by atoms with Crippen LogP contribution in [-0.2, 0) is 4.84 Å². The fraction of sp³-hybridized carbons (Fsp3) is 1.00. The zero-order valence-electron chi connectivity index (χ0n) is 8.22. The fourth-order valence-corrected chi connectivity index (χ4v) is 2.20. The van der Waals surface area contributed by atoms with E-state index in [1.807, 2.05) is 0 Å². The van der Waals surface area contributed by atoms with Gasteiger partial charge in [0.25, 0.3) is 0 Å². The van der Waals surface area contributed by atoms with E-state index in [0.717, 1.165) is 6.54 Å². The van der Waals surface area contributed by atoms with E-state index >= 15 is 0 Å². The van der Waals surface area contributed by atoms with Gasteiger partial charge in [0.1, 0.15) is 0 Å². The largest absolute Gasteiger partial charge is 0.313 e. The molecule has 0 amide bonds. The topological polar surface area (TPSA) is 33.3 Å². The molecule has 0 aromatic carbocycles. The highest BCUT2D eigenvalue weighted by molar-refractivity contribution is 4.75. The van der Waals surface area contributed by atoms with Gasteiger partial charge in [0, 0.05) is 12.6 Å². The zero-order valence-corrected chi connectivity index (χ0v) is 8.22. The first-order valence-electron chi connectivity index (χ1n) is 5.57. The Kier molecular flexibility index (Phi) is 3.58. The summed E-state index contributed by atoms with van der Waals surface area (Å²) in [5.41, 5.74) is 3.11. The van der Waals surface area contributed by atoms with E-state index in [1.165, 1.54) is 45.1 Å². The molecule has 76 valence electrons. The molecule has 1 aliphatic carbocycles. The first kappa shape index (κ1) is 9.44. The number of nitrogens with one attached hydrogen (secondary N) is 2. The molecule has 0 bridgehead atoms. The van der Waals surface area contributed by atoms with Crippen molar-refractivity contribution in [1.82, 2.24) is 10.8 Å². The first-order chi connectivity index (χ1) is 6.45. The predicted molar refractivity (Wildman–Crippen MR) is 52.4 cm³/mol. The number of hydrogen-bond acceptors (Lipinski definition) is 3. The Balaban J connectivity index is 1.52. The molecular formula is C10H20N2O. The molecule has 1 saturated carbocycles. The third-order valence-electron chi connectivity index (χ3n) is 3.04. The molecule has 1 aliphatic heterocycles. The molecular weight excluding hydrogens is 164 g/mol. The van der Waals surface area contributed by atoms with Crippen LogP contribution in [0.2, 0.25) is 0 Å². The average molecular weight is 184 g/mol. The highest BCUT2D eigenvalue weighted by atomic mass is 16.7. The third-order valence-corrected chi connectivity index (χ3v) is 3.04. The van der Waals surface area contributed by atoms with E-state index in [1.54, 1.807) is 0 Å². The third kappa shape index (κ3) is 2.93. The van der Waals surface area contributed by atoms with Crippen LogP contribution >= 0.6 is 0 Å². The van der Waals surface area contributed by atoms with E-state index < -0.39 is 0 Å². The lowest BCUT2D eigenvalue weighted by molar-refractivity contribution is -0.0233. The molecule has 2 aliphatic rings. The summed E-state index contributed by atoms with van der Waals surface area (Å²) < 4.78 is 0. The van der Waals surface area contributed by atoms with Crippen LogP contribution in [0.4, 0.5) is 0 Å². The lowest BCUT2D eigenvalue weighted by atomic mass is 10.2. The van der Waals surface area contributed by atoms with E-state index in [9.17, 15) is 0 Å². The van der Waals surface area contributed by atoms with Crippen LogP contribution in [0.25, 0.3) is 0 Å². The second kappa shape index (κ2) is 4.94. The Morgan fingerprint density at radius 2 is 2.00 bits per heavy atom. The molecule has 0 spiro atoms.